The molecular weight excluding hydrogens is 331 g/mol. The van der Waals surface area contributed by atoms with Gasteiger partial charge in [0.1, 0.15) is 11.9 Å². The molecule has 0 unspecified atom stereocenters. The average molecular weight is 352 g/mol. The van der Waals surface area contributed by atoms with E-state index < -0.39 is 6.04 Å². The zero-order valence-electron chi connectivity index (χ0n) is 15.1. The Bertz CT molecular complexity index is 911. The summed E-state index contributed by atoms with van der Waals surface area (Å²) in [6, 6.07) is 13.1. The fourth-order valence-electron chi connectivity index (χ4n) is 2.91. The number of benzene rings is 2. The zero-order chi connectivity index (χ0) is 18.7. The van der Waals surface area contributed by atoms with Gasteiger partial charge in [0.2, 0.25) is 5.91 Å². The van der Waals surface area contributed by atoms with Gasteiger partial charge in [0.05, 0.1) is 29.5 Å². The molecule has 0 saturated heterocycles. The smallest absolute Gasteiger partial charge is 0.244 e. The lowest BCUT2D eigenvalue weighted by Crippen LogP contribution is -2.38. The van der Waals surface area contributed by atoms with Crippen LogP contribution in [0.3, 0.4) is 0 Å². The number of likely N-dealkylation sites (N-methyl/N-ethyl adjacent to an activating group) is 2. The van der Waals surface area contributed by atoms with Crippen LogP contribution in [-0.2, 0) is 11.3 Å². The Labute approximate surface area is 152 Å². The van der Waals surface area contributed by atoms with Crippen LogP contribution < -0.4 is 0 Å². The highest BCUT2D eigenvalue weighted by atomic mass is 19.1. The van der Waals surface area contributed by atoms with Crippen molar-refractivity contribution in [3.05, 3.63) is 71.8 Å². The molecule has 0 aliphatic heterocycles. The van der Waals surface area contributed by atoms with E-state index in [0.717, 1.165) is 22.3 Å². The maximum absolute atomic E-state index is 13.2. The summed E-state index contributed by atoms with van der Waals surface area (Å²) in [4.78, 5) is 25.4. The summed E-state index contributed by atoms with van der Waals surface area (Å²) in [7, 11) is 5.39. The zero-order valence-corrected chi connectivity index (χ0v) is 15.1. The highest BCUT2D eigenvalue weighted by Crippen LogP contribution is 2.22. The number of hydrogen-bond donors (Lipinski definition) is 0. The van der Waals surface area contributed by atoms with Gasteiger partial charge in [-0.05, 0) is 43.9 Å². The molecule has 0 radical (unpaired) electrons. The number of aromatic nitrogens is 2. The van der Waals surface area contributed by atoms with Gasteiger partial charge in [0, 0.05) is 7.05 Å². The number of amides is 1. The second-order valence-corrected chi connectivity index (χ2v) is 6.46. The lowest BCUT2D eigenvalue weighted by molar-refractivity contribution is -0.135. The SMILES string of the molecule is CN(Cc1cnc2ccccc2n1)C(=O)[C@@H](c1ccc(F)cc1)N(C)C. The third-order valence-corrected chi connectivity index (χ3v) is 4.21. The largest absolute Gasteiger partial charge is 0.338 e. The minimum absolute atomic E-state index is 0.0865. The first kappa shape index (κ1) is 17.9. The number of fused-ring (bicyclic) bond motifs is 1. The van der Waals surface area contributed by atoms with Crippen molar-refractivity contribution in [2.75, 3.05) is 21.1 Å². The van der Waals surface area contributed by atoms with Crippen LogP contribution in [0.5, 0.6) is 0 Å². The van der Waals surface area contributed by atoms with E-state index in [9.17, 15) is 9.18 Å². The predicted octanol–water partition coefficient (Wildman–Crippen LogP) is 3.03. The number of rotatable bonds is 5. The van der Waals surface area contributed by atoms with Crippen LogP contribution in [-0.4, -0.2) is 46.8 Å². The number of hydrogen-bond acceptors (Lipinski definition) is 4. The van der Waals surface area contributed by atoms with E-state index >= 15 is 0 Å². The Morgan fingerprint density at radius 1 is 1.04 bits per heavy atom. The van der Waals surface area contributed by atoms with E-state index in [-0.39, 0.29) is 11.7 Å². The van der Waals surface area contributed by atoms with Crippen molar-refractivity contribution < 1.29 is 9.18 Å². The number of para-hydroxylation sites is 2. The molecule has 1 heterocycles. The van der Waals surface area contributed by atoms with Crippen LogP contribution in [0.2, 0.25) is 0 Å². The van der Waals surface area contributed by atoms with Crippen molar-refractivity contribution in [2.45, 2.75) is 12.6 Å². The monoisotopic (exact) mass is 352 g/mol. The minimum Gasteiger partial charge on any atom is -0.338 e. The highest BCUT2D eigenvalue weighted by molar-refractivity contribution is 5.83. The lowest BCUT2D eigenvalue weighted by Gasteiger charge is -2.28. The summed E-state index contributed by atoms with van der Waals surface area (Å²) in [5.41, 5.74) is 3.09. The number of carbonyl (C=O) groups excluding carboxylic acids is 1. The molecule has 3 rings (SSSR count). The molecule has 0 aliphatic carbocycles. The highest BCUT2D eigenvalue weighted by Gasteiger charge is 2.26. The summed E-state index contributed by atoms with van der Waals surface area (Å²) in [5, 5.41) is 0. The molecular formula is C20H21FN4O. The van der Waals surface area contributed by atoms with Crippen molar-refractivity contribution in [3.63, 3.8) is 0 Å². The molecule has 1 aromatic heterocycles. The summed E-state index contributed by atoms with van der Waals surface area (Å²) >= 11 is 0. The quantitative estimate of drug-likeness (QED) is 0.708. The Balaban J connectivity index is 1.80. The van der Waals surface area contributed by atoms with E-state index in [0.29, 0.717) is 6.54 Å². The van der Waals surface area contributed by atoms with Crippen molar-refractivity contribution in [3.8, 4) is 0 Å². The molecule has 3 aromatic rings. The second-order valence-electron chi connectivity index (χ2n) is 6.46. The van der Waals surface area contributed by atoms with Gasteiger partial charge in [-0.25, -0.2) is 9.37 Å². The Kier molecular flexibility index (Phi) is 5.23. The van der Waals surface area contributed by atoms with Gasteiger partial charge < -0.3 is 4.90 Å². The predicted molar refractivity (Wildman–Crippen MR) is 98.8 cm³/mol. The first-order valence-electron chi connectivity index (χ1n) is 8.33. The minimum atomic E-state index is -0.492. The van der Waals surface area contributed by atoms with Crippen LogP contribution in [0.25, 0.3) is 11.0 Å². The third-order valence-electron chi connectivity index (χ3n) is 4.21. The first-order chi connectivity index (χ1) is 12.5. The number of carbonyl (C=O) groups is 1. The summed E-state index contributed by atoms with van der Waals surface area (Å²) in [5.74, 6) is -0.407. The molecule has 5 nitrogen and oxygen atoms in total. The molecule has 0 saturated carbocycles. The molecule has 134 valence electrons. The number of halogens is 1. The van der Waals surface area contributed by atoms with Crippen LogP contribution in [0.1, 0.15) is 17.3 Å². The van der Waals surface area contributed by atoms with Gasteiger partial charge in [-0.2, -0.15) is 0 Å². The maximum Gasteiger partial charge on any atom is 0.244 e. The van der Waals surface area contributed by atoms with Crippen molar-refractivity contribution in [2.24, 2.45) is 0 Å². The average Bonchev–Trinajstić information content (AvgIpc) is 2.63. The van der Waals surface area contributed by atoms with Gasteiger partial charge in [0.15, 0.2) is 0 Å². The Morgan fingerprint density at radius 2 is 1.69 bits per heavy atom. The van der Waals surface area contributed by atoms with Crippen LogP contribution in [0, 0.1) is 5.82 Å². The Hall–Kier alpha value is -2.86. The summed E-state index contributed by atoms with van der Waals surface area (Å²) in [6.45, 7) is 0.349. The van der Waals surface area contributed by atoms with Gasteiger partial charge in [-0.1, -0.05) is 24.3 Å². The normalized spacial score (nSPS) is 12.3. The standard InChI is InChI=1S/C20H21FN4O/c1-24(2)19(14-8-10-15(21)11-9-14)20(26)25(3)13-16-12-22-17-6-4-5-7-18(17)23-16/h4-12,19H,13H2,1-3H3/t19-/m1/s1. The van der Waals surface area contributed by atoms with Crippen LogP contribution in [0.4, 0.5) is 4.39 Å². The maximum atomic E-state index is 13.2. The fourth-order valence-corrected chi connectivity index (χ4v) is 2.91. The molecule has 1 atom stereocenters. The van der Waals surface area contributed by atoms with Gasteiger partial charge in [-0.3, -0.25) is 14.7 Å². The summed E-state index contributed by atoms with van der Waals surface area (Å²) in [6.07, 6.45) is 1.69. The van der Waals surface area contributed by atoms with Crippen LogP contribution >= 0.6 is 0 Å². The molecule has 26 heavy (non-hydrogen) atoms. The second kappa shape index (κ2) is 7.58. The van der Waals surface area contributed by atoms with E-state index in [1.54, 1.807) is 30.3 Å². The molecule has 0 bridgehead atoms. The molecule has 0 spiro atoms. The molecule has 1 amide bonds. The van der Waals surface area contributed by atoms with E-state index in [1.165, 1.54) is 12.1 Å². The topological polar surface area (TPSA) is 49.3 Å². The molecule has 0 aliphatic rings. The van der Waals surface area contributed by atoms with Crippen LogP contribution in [0.15, 0.2) is 54.7 Å². The molecule has 0 fully saturated rings. The van der Waals surface area contributed by atoms with Crippen molar-refractivity contribution >= 4 is 16.9 Å². The molecule has 0 N–H and O–H groups in total. The van der Waals surface area contributed by atoms with E-state index in [1.807, 2.05) is 43.3 Å². The molecule has 6 heteroatoms. The van der Waals surface area contributed by atoms with Gasteiger partial charge in [-0.15, -0.1) is 0 Å². The van der Waals surface area contributed by atoms with E-state index in [2.05, 4.69) is 9.97 Å². The van der Waals surface area contributed by atoms with Gasteiger partial charge in [0.25, 0.3) is 0 Å². The molecule has 2 aromatic carbocycles. The van der Waals surface area contributed by atoms with Crippen molar-refractivity contribution in [1.29, 1.82) is 0 Å². The fraction of sp³-hybridized carbons (Fsp3) is 0.250. The summed E-state index contributed by atoms with van der Waals surface area (Å²) < 4.78 is 13.2. The number of nitrogens with zero attached hydrogens (tertiary/aromatic N) is 4. The lowest BCUT2D eigenvalue weighted by atomic mass is 10.0. The Morgan fingerprint density at radius 3 is 2.35 bits per heavy atom. The van der Waals surface area contributed by atoms with Gasteiger partial charge >= 0.3 is 0 Å². The van der Waals surface area contributed by atoms with E-state index in [4.69, 9.17) is 0 Å². The third kappa shape index (κ3) is 3.86. The first-order valence-corrected chi connectivity index (χ1v) is 8.33. The van der Waals surface area contributed by atoms with Crippen molar-refractivity contribution in [1.82, 2.24) is 19.8 Å².